The van der Waals surface area contributed by atoms with Crippen LogP contribution in [0.15, 0.2) is 97.2 Å². The Labute approximate surface area is 341 Å². The number of hydrogen-bond donors (Lipinski definition) is 3. The highest BCUT2D eigenvalue weighted by Gasteiger charge is 2.17. The van der Waals surface area contributed by atoms with Crippen molar-refractivity contribution in [2.45, 2.75) is 212 Å². The molecule has 0 aliphatic heterocycles. The van der Waals surface area contributed by atoms with Crippen molar-refractivity contribution >= 4 is 5.91 Å². The van der Waals surface area contributed by atoms with Crippen molar-refractivity contribution < 1.29 is 15.0 Å². The number of hydrogen-bond acceptors (Lipinski definition) is 3. The van der Waals surface area contributed by atoms with Gasteiger partial charge in [0.2, 0.25) is 5.91 Å². The van der Waals surface area contributed by atoms with Crippen molar-refractivity contribution in [3.8, 4) is 0 Å². The van der Waals surface area contributed by atoms with Gasteiger partial charge in [0.05, 0.1) is 18.8 Å². The minimum atomic E-state index is -0.887. The van der Waals surface area contributed by atoms with Crippen LogP contribution in [0.25, 0.3) is 0 Å². The van der Waals surface area contributed by atoms with Gasteiger partial charge >= 0.3 is 0 Å². The Hall–Kier alpha value is -2.69. The van der Waals surface area contributed by atoms with Gasteiger partial charge in [-0.2, -0.15) is 0 Å². The summed E-state index contributed by atoms with van der Waals surface area (Å²) in [5.74, 6) is -0.119. The van der Waals surface area contributed by atoms with E-state index in [2.05, 4.69) is 104 Å². The molecule has 0 heterocycles. The predicted molar refractivity (Wildman–Crippen MR) is 243 cm³/mol. The number of allylic oxidation sites excluding steroid dienone is 15. The minimum absolute atomic E-state index is 0.119. The summed E-state index contributed by atoms with van der Waals surface area (Å²) >= 11 is 0. The Balaban J connectivity index is 3.73. The summed E-state index contributed by atoms with van der Waals surface area (Å²) < 4.78 is 0. The van der Waals surface area contributed by atoms with Crippen LogP contribution in [-0.2, 0) is 4.79 Å². The average Bonchev–Trinajstić information content (AvgIpc) is 3.19. The van der Waals surface area contributed by atoms with Gasteiger partial charge in [0.25, 0.3) is 0 Å². The maximum atomic E-state index is 12.4. The molecular formula is C51H87NO3. The van der Waals surface area contributed by atoms with E-state index in [-0.39, 0.29) is 12.5 Å². The van der Waals surface area contributed by atoms with E-state index in [0.29, 0.717) is 6.42 Å². The van der Waals surface area contributed by atoms with E-state index in [4.69, 9.17) is 0 Å². The summed E-state index contributed by atoms with van der Waals surface area (Å²) in [5.41, 5.74) is 0. The zero-order chi connectivity index (χ0) is 40.0. The van der Waals surface area contributed by atoms with Crippen LogP contribution in [0.4, 0.5) is 0 Å². The molecule has 2 atom stereocenters. The second-order valence-electron chi connectivity index (χ2n) is 15.1. The Kier molecular flexibility index (Phi) is 43.5. The fourth-order valence-corrected chi connectivity index (χ4v) is 6.31. The number of aliphatic hydroxyl groups is 2. The Morgan fingerprint density at radius 3 is 1.27 bits per heavy atom. The molecule has 0 saturated heterocycles. The summed E-state index contributed by atoms with van der Waals surface area (Å²) in [6.45, 7) is 4.16. The molecule has 0 bridgehead atoms. The first kappa shape index (κ1) is 52.3. The van der Waals surface area contributed by atoms with Gasteiger partial charge < -0.3 is 15.5 Å². The van der Waals surface area contributed by atoms with Gasteiger partial charge in [-0.1, -0.05) is 207 Å². The third-order valence-corrected chi connectivity index (χ3v) is 9.80. The lowest BCUT2D eigenvalue weighted by Crippen LogP contribution is -2.45. The van der Waals surface area contributed by atoms with Crippen molar-refractivity contribution in [3.05, 3.63) is 97.2 Å². The molecule has 1 amide bonds. The van der Waals surface area contributed by atoms with Gasteiger partial charge in [0.15, 0.2) is 0 Å². The molecule has 4 nitrogen and oxygen atoms in total. The lowest BCUT2D eigenvalue weighted by molar-refractivity contribution is -0.123. The molecule has 0 aliphatic carbocycles. The van der Waals surface area contributed by atoms with E-state index in [1.54, 1.807) is 6.08 Å². The fraction of sp³-hybridized carbons (Fsp3) is 0.667. The predicted octanol–water partition coefficient (Wildman–Crippen LogP) is 14.6. The first-order chi connectivity index (χ1) is 27.2. The monoisotopic (exact) mass is 762 g/mol. The Morgan fingerprint density at radius 1 is 0.455 bits per heavy atom. The number of unbranched alkanes of at least 4 members (excludes halogenated alkanes) is 19. The SMILES string of the molecule is CC/C=C\C/C=C\C/C=C\C/C=C\C/C=C\C/C=C\CCCCC(=O)NC(CO)C(O)/C=C/CC/C=C/CCCCCCCCCCCCCCCCCC. The lowest BCUT2D eigenvalue weighted by atomic mass is 10.0. The number of carbonyl (C=O) groups is 1. The Morgan fingerprint density at radius 2 is 0.818 bits per heavy atom. The van der Waals surface area contributed by atoms with Crippen LogP contribution >= 0.6 is 0 Å². The average molecular weight is 762 g/mol. The van der Waals surface area contributed by atoms with Crippen molar-refractivity contribution in [3.63, 3.8) is 0 Å². The molecule has 2 unspecified atom stereocenters. The van der Waals surface area contributed by atoms with Crippen LogP contribution in [0.1, 0.15) is 200 Å². The van der Waals surface area contributed by atoms with Crippen molar-refractivity contribution in [1.82, 2.24) is 5.32 Å². The smallest absolute Gasteiger partial charge is 0.220 e. The number of aliphatic hydroxyl groups excluding tert-OH is 2. The second-order valence-corrected chi connectivity index (χ2v) is 15.1. The maximum absolute atomic E-state index is 12.4. The summed E-state index contributed by atoms with van der Waals surface area (Å²) in [6, 6.07) is -0.669. The molecule has 0 aromatic carbocycles. The number of nitrogens with one attached hydrogen (secondary N) is 1. The zero-order valence-electron chi connectivity index (χ0n) is 35.9. The minimum Gasteiger partial charge on any atom is -0.394 e. The first-order valence-corrected chi connectivity index (χ1v) is 23.0. The maximum Gasteiger partial charge on any atom is 0.220 e. The van der Waals surface area contributed by atoms with Crippen LogP contribution in [0.5, 0.6) is 0 Å². The van der Waals surface area contributed by atoms with Gasteiger partial charge in [-0.15, -0.1) is 0 Å². The van der Waals surface area contributed by atoms with E-state index in [9.17, 15) is 15.0 Å². The van der Waals surface area contributed by atoms with Crippen LogP contribution in [0.2, 0.25) is 0 Å². The topological polar surface area (TPSA) is 69.6 Å². The van der Waals surface area contributed by atoms with Gasteiger partial charge in [-0.05, 0) is 83.5 Å². The molecule has 0 aromatic rings. The Bertz CT molecular complexity index is 1050. The van der Waals surface area contributed by atoms with Crippen LogP contribution in [-0.4, -0.2) is 34.9 Å². The zero-order valence-corrected chi connectivity index (χ0v) is 35.9. The molecule has 55 heavy (non-hydrogen) atoms. The number of carbonyl (C=O) groups excluding carboxylic acids is 1. The van der Waals surface area contributed by atoms with Gasteiger partial charge in [0, 0.05) is 6.42 Å². The number of rotatable bonds is 40. The van der Waals surface area contributed by atoms with Gasteiger partial charge in [-0.25, -0.2) is 0 Å². The second kappa shape index (κ2) is 45.7. The highest BCUT2D eigenvalue weighted by molar-refractivity contribution is 5.76. The van der Waals surface area contributed by atoms with E-state index >= 15 is 0 Å². The highest BCUT2D eigenvalue weighted by atomic mass is 16.3. The van der Waals surface area contributed by atoms with E-state index in [1.807, 2.05) is 6.08 Å². The molecular weight excluding hydrogens is 675 g/mol. The summed E-state index contributed by atoms with van der Waals surface area (Å²) in [7, 11) is 0. The molecule has 0 saturated carbocycles. The summed E-state index contributed by atoms with van der Waals surface area (Å²) in [4.78, 5) is 12.4. The van der Waals surface area contributed by atoms with E-state index in [0.717, 1.165) is 77.0 Å². The van der Waals surface area contributed by atoms with Crippen LogP contribution in [0.3, 0.4) is 0 Å². The van der Waals surface area contributed by atoms with Crippen molar-refractivity contribution in [2.24, 2.45) is 0 Å². The van der Waals surface area contributed by atoms with E-state index in [1.165, 1.54) is 103 Å². The molecule has 0 aromatic heterocycles. The lowest BCUT2D eigenvalue weighted by Gasteiger charge is -2.19. The highest BCUT2D eigenvalue weighted by Crippen LogP contribution is 2.14. The molecule has 0 spiro atoms. The van der Waals surface area contributed by atoms with Gasteiger partial charge in [-0.3, -0.25) is 4.79 Å². The first-order valence-electron chi connectivity index (χ1n) is 23.0. The molecule has 0 radical (unpaired) electrons. The van der Waals surface area contributed by atoms with Gasteiger partial charge in [0.1, 0.15) is 0 Å². The van der Waals surface area contributed by atoms with Crippen LogP contribution < -0.4 is 5.32 Å². The van der Waals surface area contributed by atoms with Crippen molar-refractivity contribution in [1.29, 1.82) is 0 Å². The van der Waals surface area contributed by atoms with Crippen LogP contribution in [0, 0.1) is 0 Å². The summed E-state index contributed by atoms with van der Waals surface area (Å²) in [5, 5.41) is 23.0. The molecule has 0 rings (SSSR count). The molecule has 4 heteroatoms. The molecule has 0 aliphatic rings. The quantitative estimate of drug-likeness (QED) is 0.0430. The molecule has 3 N–H and O–H groups in total. The van der Waals surface area contributed by atoms with Crippen molar-refractivity contribution in [2.75, 3.05) is 6.61 Å². The number of amides is 1. The standard InChI is InChI=1S/C51H87NO3/c1-3-5-7-9-11-13-15-17-19-21-23-25-27-28-30-32-34-36-38-40-42-44-46-50(54)49(48-53)52-51(55)47-45-43-41-39-37-35-33-31-29-26-24-22-20-18-16-14-12-10-8-6-4-2/h6,8,12,14,18,20,24,26,31,33,36-39,44,46,49-50,53-54H,3-5,7,9-11,13,15-17,19,21-23,25,27-30,32,34-35,40-43,45,47-48H2,1-2H3,(H,52,55)/b8-6-,14-12-,20-18-,26-24-,33-31-,38-36+,39-37-,46-44+. The molecule has 314 valence electrons. The third kappa shape index (κ3) is 42.3. The third-order valence-electron chi connectivity index (χ3n) is 9.80. The summed E-state index contributed by atoms with van der Waals surface area (Å²) in [6.07, 6.45) is 68.1. The fourth-order valence-electron chi connectivity index (χ4n) is 6.31. The molecule has 0 fully saturated rings. The largest absolute Gasteiger partial charge is 0.394 e. The van der Waals surface area contributed by atoms with E-state index < -0.39 is 12.1 Å². The normalized spacial score (nSPS) is 13.9.